The lowest BCUT2D eigenvalue weighted by Gasteiger charge is -2.25. The zero-order chi connectivity index (χ0) is 16.2. The average Bonchev–Trinajstić information content (AvgIpc) is 2.59. The zero-order valence-corrected chi connectivity index (χ0v) is 13.3. The first-order chi connectivity index (χ1) is 11.2. The van der Waals surface area contributed by atoms with E-state index in [1.165, 1.54) is 11.1 Å². The van der Waals surface area contributed by atoms with Crippen molar-refractivity contribution in [2.75, 3.05) is 4.90 Å². The summed E-state index contributed by atoms with van der Waals surface area (Å²) >= 11 is 0. The van der Waals surface area contributed by atoms with Gasteiger partial charge in [-0.2, -0.15) is 5.26 Å². The Bertz CT molecular complexity index is 795. The highest BCUT2D eigenvalue weighted by atomic mass is 15.1. The van der Waals surface area contributed by atoms with Crippen molar-refractivity contribution in [2.24, 2.45) is 0 Å². The topological polar surface area (TPSA) is 27.0 Å². The molecule has 0 bridgehead atoms. The molecular weight excluding hydrogens is 280 g/mol. The summed E-state index contributed by atoms with van der Waals surface area (Å²) < 4.78 is 0. The van der Waals surface area contributed by atoms with Crippen LogP contribution in [0.1, 0.15) is 16.7 Å². The SMILES string of the molecule is Cc1ccc(N(c2ccc(C)cc2)c2cccc(C#N)c2)cc1. The first-order valence-electron chi connectivity index (χ1n) is 7.61. The fraction of sp³-hybridized carbons (Fsp3) is 0.0952. The predicted molar refractivity (Wildman–Crippen MR) is 95.3 cm³/mol. The Balaban J connectivity index is 2.14. The van der Waals surface area contributed by atoms with E-state index in [-0.39, 0.29) is 0 Å². The van der Waals surface area contributed by atoms with Crippen LogP contribution in [0.3, 0.4) is 0 Å². The maximum Gasteiger partial charge on any atom is 0.0992 e. The molecule has 0 aliphatic heterocycles. The molecule has 0 aliphatic rings. The lowest BCUT2D eigenvalue weighted by atomic mass is 10.1. The van der Waals surface area contributed by atoms with Crippen LogP contribution in [0.2, 0.25) is 0 Å². The summed E-state index contributed by atoms with van der Waals surface area (Å²) in [5.41, 5.74) is 6.25. The van der Waals surface area contributed by atoms with Crippen molar-refractivity contribution in [3.63, 3.8) is 0 Å². The van der Waals surface area contributed by atoms with E-state index in [2.05, 4.69) is 73.3 Å². The van der Waals surface area contributed by atoms with Gasteiger partial charge in [0.05, 0.1) is 11.6 Å². The Kier molecular flexibility index (Phi) is 4.12. The van der Waals surface area contributed by atoms with E-state index in [9.17, 15) is 5.26 Å². The Hall–Kier alpha value is -3.05. The Morgan fingerprint density at radius 1 is 0.696 bits per heavy atom. The van der Waals surface area contributed by atoms with Gasteiger partial charge < -0.3 is 4.90 Å². The van der Waals surface area contributed by atoms with Crippen molar-refractivity contribution >= 4 is 17.1 Å². The lowest BCUT2D eigenvalue weighted by molar-refractivity contribution is 1.26. The summed E-state index contributed by atoms with van der Waals surface area (Å²) in [6, 6.07) is 26.7. The number of aryl methyl sites for hydroxylation is 2. The van der Waals surface area contributed by atoms with Crippen LogP contribution in [-0.2, 0) is 0 Å². The molecule has 0 fully saturated rings. The second-order valence-corrected chi connectivity index (χ2v) is 5.67. The summed E-state index contributed by atoms with van der Waals surface area (Å²) in [5.74, 6) is 0. The fourth-order valence-electron chi connectivity index (χ4n) is 2.55. The van der Waals surface area contributed by atoms with Gasteiger partial charge in [-0.3, -0.25) is 0 Å². The van der Waals surface area contributed by atoms with Gasteiger partial charge in [-0.1, -0.05) is 41.5 Å². The second-order valence-electron chi connectivity index (χ2n) is 5.67. The number of hydrogen-bond acceptors (Lipinski definition) is 2. The van der Waals surface area contributed by atoms with Crippen molar-refractivity contribution in [1.82, 2.24) is 0 Å². The number of anilines is 3. The van der Waals surface area contributed by atoms with Gasteiger partial charge in [0.25, 0.3) is 0 Å². The molecule has 0 spiro atoms. The van der Waals surface area contributed by atoms with Crippen LogP contribution >= 0.6 is 0 Å². The molecule has 0 saturated heterocycles. The monoisotopic (exact) mass is 298 g/mol. The molecule has 0 aromatic heterocycles. The normalized spacial score (nSPS) is 10.1. The van der Waals surface area contributed by atoms with Gasteiger partial charge in [-0.15, -0.1) is 0 Å². The molecule has 0 N–H and O–H groups in total. The van der Waals surface area contributed by atoms with Gasteiger partial charge >= 0.3 is 0 Å². The average molecular weight is 298 g/mol. The van der Waals surface area contributed by atoms with Crippen LogP contribution in [0.25, 0.3) is 0 Å². The highest BCUT2D eigenvalue weighted by Crippen LogP contribution is 2.34. The summed E-state index contributed by atoms with van der Waals surface area (Å²) in [7, 11) is 0. The zero-order valence-electron chi connectivity index (χ0n) is 13.3. The minimum Gasteiger partial charge on any atom is -0.310 e. The third-order valence-corrected chi connectivity index (χ3v) is 3.82. The lowest BCUT2D eigenvalue weighted by Crippen LogP contribution is -2.10. The van der Waals surface area contributed by atoms with Gasteiger partial charge in [0.15, 0.2) is 0 Å². The van der Waals surface area contributed by atoms with Gasteiger partial charge in [0.2, 0.25) is 0 Å². The van der Waals surface area contributed by atoms with E-state index < -0.39 is 0 Å². The van der Waals surface area contributed by atoms with Gasteiger partial charge in [-0.05, 0) is 56.3 Å². The molecule has 0 saturated carbocycles. The molecular formula is C21H18N2. The van der Waals surface area contributed by atoms with Gasteiger partial charge in [0, 0.05) is 17.1 Å². The first kappa shape index (κ1) is 14.9. The molecule has 0 unspecified atom stereocenters. The molecule has 3 rings (SSSR count). The third kappa shape index (κ3) is 3.25. The number of benzene rings is 3. The quantitative estimate of drug-likeness (QED) is 0.625. The second kappa shape index (κ2) is 6.37. The highest BCUT2D eigenvalue weighted by molar-refractivity contribution is 5.77. The van der Waals surface area contributed by atoms with Crippen LogP contribution in [0.5, 0.6) is 0 Å². The molecule has 0 atom stereocenters. The van der Waals surface area contributed by atoms with Crippen LogP contribution in [0.4, 0.5) is 17.1 Å². The smallest absolute Gasteiger partial charge is 0.0992 e. The first-order valence-corrected chi connectivity index (χ1v) is 7.61. The molecule has 3 aromatic rings. The van der Waals surface area contributed by atoms with Crippen molar-refractivity contribution in [1.29, 1.82) is 5.26 Å². The molecule has 2 nitrogen and oxygen atoms in total. The van der Waals surface area contributed by atoms with E-state index in [0.29, 0.717) is 5.56 Å². The van der Waals surface area contributed by atoms with Crippen LogP contribution in [0.15, 0.2) is 72.8 Å². The Labute approximate surface area is 137 Å². The molecule has 0 aliphatic carbocycles. The van der Waals surface area contributed by atoms with Crippen molar-refractivity contribution in [2.45, 2.75) is 13.8 Å². The number of nitrogens with zero attached hydrogens (tertiary/aromatic N) is 2. The van der Waals surface area contributed by atoms with Crippen molar-refractivity contribution < 1.29 is 0 Å². The largest absolute Gasteiger partial charge is 0.310 e. The molecule has 3 aromatic carbocycles. The number of nitriles is 1. The number of rotatable bonds is 3. The maximum absolute atomic E-state index is 9.19. The Morgan fingerprint density at radius 3 is 1.70 bits per heavy atom. The Morgan fingerprint density at radius 2 is 1.22 bits per heavy atom. The van der Waals surface area contributed by atoms with E-state index in [1.54, 1.807) is 0 Å². The minimum atomic E-state index is 0.659. The van der Waals surface area contributed by atoms with Crippen LogP contribution < -0.4 is 4.90 Å². The molecule has 0 amide bonds. The van der Waals surface area contributed by atoms with Crippen molar-refractivity contribution in [3.05, 3.63) is 89.5 Å². The van der Waals surface area contributed by atoms with E-state index in [4.69, 9.17) is 0 Å². The summed E-state index contributed by atoms with van der Waals surface area (Å²) in [4.78, 5) is 2.17. The van der Waals surface area contributed by atoms with Crippen molar-refractivity contribution in [3.8, 4) is 6.07 Å². The number of hydrogen-bond donors (Lipinski definition) is 0. The predicted octanol–water partition coefficient (Wildman–Crippen LogP) is 5.64. The fourth-order valence-corrected chi connectivity index (χ4v) is 2.55. The third-order valence-electron chi connectivity index (χ3n) is 3.82. The summed E-state index contributed by atoms with van der Waals surface area (Å²) in [5, 5.41) is 9.19. The summed E-state index contributed by atoms with van der Waals surface area (Å²) in [6.07, 6.45) is 0. The molecule has 0 heterocycles. The molecule has 23 heavy (non-hydrogen) atoms. The van der Waals surface area contributed by atoms with E-state index in [1.807, 2.05) is 24.3 Å². The summed E-state index contributed by atoms with van der Waals surface area (Å²) in [6.45, 7) is 4.16. The van der Waals surface area contributed by atoms with E-state index in [0.717, 1.165) is 17.1 Å². The van der Waals surface area contributed by atoms with Crippen LogP contribution in [0, 0.1) is 25.2 Å². The van der Waals surface area contributed by atoms with Gasteiger partial charge in [-0.25, -0.2) is 0 Å². The van der Waals surface area contributed by atoms with E-state index >= 15 is 0 Å². The highest BCUT2D eigenvalue weighted by Gasteiger charge is 2.12. The standard InChI is InChI=1S/C21H18N2/c1-16-6-10-19(11-7-16)23(20-12-8-17(2)9-13-20)21-5-3-4-18(14-21)15-22/h3-14H,1-2H3. The van der Waals surface area contributed by atoms with Gasteiger partial charge in [0.1, 0.15) is 0 Å². The molecule has 2 heteroatoms. The molecule has 112 valence electrons. The molecule has 0 radical (unpaired) electrons. The minimum absolute atomic E-state index is 0.659. The van der Waals surface area contributed by atoms with Crippen LogP contribution in [-0.4, -0.2) is 0 Å². The maximum atomic E-state index is 9.19.